The number of hydrogen-bond acceptors (Lipinski definition) is 3. The fraction of sp³-hybridized carbons (Fsp3) is 1.00. The normalized spacial score (nSPS) is 25.5. The van der Waals surface area contributed by atoms with Crippen LogP contribution in [0.25, 0.3) is 0 Å². The molecule has 0 unspecified atom stereocenters. The summed E-state index contributed by atoms with van der Waals surface area (Å²) in [6, 6.07) is 0. The second-order valence-corrected chi connectivity index (χ2v) is 8.07. The van der Waals surface area contributed by atoms with E-state index in [9.17, 15) is 0 Å². The number of hydrogen-bond donors (Lipinski definition) is 0. The number of piperidine rings is 1. The average Bonchev–Trinajstić information content (AvgIpc) is 2.37. The van der Waals surface area contributed by atoms with Gasteiger partial charge in [0.25, 0.3) is 0 Å². The Balaban J connectivity index is 1.64. The van der Waals surface area contributed by atoms with Crippen LogP contribution in [0.3, 0.4) is 0 Å². The first-order valence-corrected chi connectivity index (χ1v) is 8.76. The van der Waals surface area contributed by atoms with E-state index < -0.39 is 0 Å². The van der Waals surface area contributed by atoms with Gasteiger partial charge in [-0.15, -0.1) is 0 Å². The third-order valence-corrected chi connectivity index (χ3v) is 5.46. The maximum Gasteiger partial charge on any atom is 0.0125 e. The van der Waals surface area contributed by atoms with E-state index in [4.69, 9.17) is 0 Å². The van der Waals surface area contributed by atoms with Crippen molar-refractivity contribution in [2.45, 2.75) is 45.6 Å². The molecule has 0 amide bonds. The van der Waals surface area contributed by atoms with E-state index in [1.807, 2.05) is 0 Å². The second kappa shape index (κ2) is 6.62. The van der Waals surface area contributed by atoms with Crippen LogP contribution in [-0.4, -0.2) is 59.6 Å². The smallest absolute Gasteiger partial charge is 0.0125 e. The quantitative estimate of drug-likeness (QED) is 0.778. The van der Waals surface area contributed by atoms with Crippen molar-refractivity contribution >= 4 is 11.8 Å². The fourth-order valence-electron chi connectivity index (χ4n) is 3.08. The zero-order chi connectivity index (χ0) is 13.0. The van der Waals surface area contributed by atoms with Crippen molar-refractivity contribution in [2.24, 2.45) is 5.92 Å². The molecule has 2 fully saturated rings. The Labute approximate surface area is 117 Å². The summed E-state index contributed by atoms with van der Waals surface area (Å²) >= 11 is 2.11. The van der Waals surface area contributed by atoms with Gasteiger partial charge >= 0.3 is 0 Å². The summed E-state index contributed by atoms with van der Waals surface area (Å²) in [5.74, 6) is 3.68. The lowest BCUT2D eigenvalue weighted by atomic mass is 9.90. The summed E-state index contributed by atoms with van der Waals surface area (Å²) in [5, 5.41) is 0. The molecule has 0 N–H and O–H groups in total. The molecule has 0 aromatic carbocycles. The third kappa shape index (κ3) is 4.43. The van der Waals surface area contributed by atoms with E-state index in [0.29, 0.717) is 5.54 Å². The van der Waals surface area contributed by atoms with E-state index in [1.165, 1.54) is 63.5 Å². The van der Waals surface area contributed by atoms with E-state index in [1.54, 1.807) is 0 Å². The zero-order valence-electron chi connectivity index (χ0n) is 12.5. The molecule has 0 spiro atoms. The number of likely N-dealkylation sites (tertiary alicyclic amines) is 1. The standard InChI is InChI=1S/C15H30N2S/c1-15(2,3)17-8-5-14(6-9-17)4-7-16-10-12-18-13-11-16/h14H,4-13H2,1-3H3. The molecule has 0 saturated carbocycles. The van der Waals surface area contributed by atoms with Crippen molar-refractivity contribution in [3.63, 3.8) is 0 Å². The van der Waals surface area contributed by atoms with E-state index in [2.05, 4.69) is 42.3 Å². The Morgan fingerprint density at radius 1 is 1.00 bits per heavy atom. The van der Waals surface area contributed by atoms with Crippen LogP contribution in [0.15, 0.2) is 0 Å². The molecule has 0 bridgehead atoms. The fourth-order valence-corrected chi connectivity index (χ4v) is 4.06. The van der Waals surface area contributed by atoms with Crippen LogP contribution < -0.4 is 0 Å². The first-order valence-electron chi connectivity index (χ1n) is 7.61. The lowest BCUT2D eigenvalue weighted by Gasteiger charge is -2.41. The maximum absolute atomic E-state index is 2.67. The van der Waals surface area contributed by atoms with Gasteiger partial charge in [-0.3, -0.25) is 4.90 Å². The summed E-state index contributed by atoms with van der Waals surface area (Å²) in [5.41, 5.74) is 0.370. The van der Waals surface area contributed by atoms with Gasteiger partial charge in [0.05, 0.1) is 0 Å². The second-order valence-electron chi connectivity index (χ2n) is 6.84. The predicted molar refractivity (Wildman–Crippen MR) is 82.4 cm³/mol. The molecule has 0 aromatic heterocycles. The molecule has 2 saturated heterocycles. The molecule has 18 heavy (non-hydrogen) atoms. The third-order valence-electron chi connectivity index (χ3n) is 4.52. The van der Waals surface area contributed by atoms with Gasteiger partial charge < -0.3 is 4.90 Å². The summed E-state index contributed by atoms with van der Waals surface area (Å²) < 4.78 is 0. The van der Waals surface area contributed by atoms with Crippen LogP contribution in [0, 0.1) is 5.92 Å². The van der Waals surface area contributed by atoms with Crippen LogP contribution in [0.2, 0.25) is 0 Å². The number of thioether (sulfide) groups is 1. The average molecular weight is 270 g/mol. The molecule has 2 aliphatic heterocycles. The summed E-state index contributed by atoms with van der Waals surface area (Å²) in [6.07, 6.45) is 4.27. The van der Waals surface area contributed by atoms with Gasteiger partial charge in [0, 0.05) is 30.1 Å². The minimum absolute atomic E-state index is 0.370. The minimum Gasteiger partial charge on any atom is -0.302 e. The van der Waals surface area contributed by atoms with Crippen molar-refractivity contribution in [2.75, 3.05) is 44.2 Å². The SMILES string of the molecule is CC(C)(C)N1CCC(CCN2CCSCC2)CC1. The lowest BCUT2D eigenvalue weighted by Crippen LogP contribution is -2.46. The van der Waals surface area contributed by atoms with E-state index in [-0.39, 0.29) is 0 Å². The first kappa shape index (κ1) is 14.7. The maximum atomic E-state index is 2.67. The van der Waals surface area contributed by atoms with Crippen molar-refractivity contribution in [3.8, 4) is 0 Å². The lowest BCUT2D eigenvalue weighted by molar-refractivity contribution is 0.0821. The highest BCUT2D eigenvalue weighted by molar-refractivity contribution is 7.99. The van der Waals surface area contributed by atoms with Crippen molar-refractivity contribution < 1.29 is 0 Å². The largest absolute Gasteiger partial charge is 0.302 e. The molecule has 0 atom stereocenters. The van der Waals surface area contributed by atoms with E-state index in [0.717, 1.165) is 5.92 Å². The van der Waals surface area contributed by atoms with Gasteiger partial charge in [-0.05, 0) is 65.6 Å². The molecule has 0 radical (unpaired) electrons. The van der Waals surface area contributed by atoms with Crippen LogP contribution in [0.1, 0.15) is 40.0 Å². The molecule has 106 valence electrons. The number of nitrogens with zero attached hydrogens (tertiary/aromatic N) is 2. The molecule has 2 nitrogen and oxygen atoms in total. The number of rotatable bonds is 3. The molecule has 2 aliphatic rings. The van der Waals surface area contributed by atoms with Crippen molar-refractivity contribution in [1.82, 2.24) is 9.80 Å². The molecule has 0 aliphatic carbocycles. The predicted octanol–water partition coefficient (Wildman–Crippen LogP) is 2.94. The Morgan fingerprint density at radius 3 is 2.17 bits per heavy atom. The summed E-state index contributed by atoms with van der Waals surface area (Å²) in [4.78, 5) is 5.33. The van der Waals surface area contributed by atoms with Gasteiger partial charge in [0.2, 0.25) is 0 Å². The van der Waals surface area contributed by atoms with Crippen LogP contribution in [0.5, 0.6) is 0 Å². The van der Waals surface area contributed by atoms with Crippen molar-refractivity contribution in [1.29, 1.82) is 0 Å². The Bertz CT molecular complexity index is 235. The Morgan fingerprint density at radius 2 is 1.61 bits per heavy atom. The van der Waals surface area contributed by atoms with Gasteiger partial charge in [0.1, 0.15) is 0 Å². The molecule has 0 aromatic rings. The van der Waals surface area contributed by atoms with Crippen molar-refractivity contribution in [3.05, 3.63) is 0 Å². The highest BCUT2D eigenvalue weighted by Crippen LogP contribution is 2.26. The van der Waals surface area contributed by atoms with E-state index >= 15 is 0 Å². The summed E-state index contributed by atoms with van der Waals surface area (Å²) in [7, 11) is 0. The molecule has 3 heteroatoms. The highest BCUT2D eigenvalue weighted by Gasteiger charge is 2.27. The summed E-state index contributed by atoms with van der Waals surface area (Å²) in [6.45, 7) is 13.7. The van der Waals surface area contributed by atoms with Gasteiger partial charge in [-0.25, -0.2) is 0 Å². The topological polar surface area (TPSA) is 6.48 Å². The van der Waals surface area contributed by atoms with Gasteiger partial charge in [0.15, 0.2) is 0 Å². The van der Waals surface area contributed by atoms with Gasteiger partial charge in [-0.1, -0.05) is 0 Å². The molecule has 2 rings (SSSR count). The first-order chi connectivity index (χ1) is 8.55. The molecular formula is C15H30N2S. The van der Waals surface area contributed by atoms with Crippen LogP contribution in [0.4, 0.5) is 0 Å². The Hall–Kier alpha value is 0.270. The van der Waals surface area contributed by atoms with Crippen LogP contribution in [-0.2, 0) is 0 Å². The Kier molecular flexibility index (Phi) is 5.40. The molecular weight excluding hydrogens is 240 g/mol. The van der Waals surface area contributed by atoms with Crippen LogP contribution >= 0.6 is 11.8 Å². The molecule has 2 heterocycles. The van der Waals surface area contributed by atoms with Gasteiger partial charge in [-0.2, -0.15) is 11.8 Å². The zero-order valence-corrected chi connectivity index (χ0v) is 13.3. The highest BCUT2D eigenvalue weighted by atomic mass is 32.2. The minimum atomic E-state index is 0.370. The monoisotopic (exact) mass is 270 g/mol.